The summed E-state index contributed by atoms with van der Waals surface area (Å²) in [4.78, 5) is 17.5. The highest BCUT2D eigenvalue weighted by Crippen LogP contribution is 2.61. The molecule has 2 aliphatic carbocycles. The third-order valence-electron chi connectivity index (χ3n) is 7.95. The molecule has 0 N–H and O–H groups in total. The van der Waals surface area contributed by atoms with Crippen molar-refractivity contribution < 1.29 is 13.7 Å². The van der Waals surface area contributed by atoms with Crippen molar-refractivity contribution >= 4 is 59.6 Å². The number of likely N-dealkylation sites (N-methyl/N-ethyl adjacent to an activating group) is 1. The predicted molar refractivity (Wildman–Crippen MR) is 150 cm³/mol. The lowest BCUT2D eigenvalue weighted by atomic mass is 9.51. The summed E-state index contributed by atoms with van der Waals surface area (Å²) in [5.41, 5.74) is 4.03. The van der Waals surface area contributed by atoms with Gasteiger partial charge >= 0.3 is 0 Å². The van der Waals surface area contributed by atoms with E-state index in [4.69, 9.17) is 32.1 Å². The van der Waals surface area contributed by atoms with Crippen LogP contribution in [0.25, 0.3) is 0 Å². The van der Waals surface area contributed by atoms with E-state index in [1.54, 1.807) is 0 Å². The van der Waals surface area contributed by atoms with Crippen LogP contribution in [0.3, 0.4) is 0 Å². The highest BCUT2D eigenvalue weighted by Gasteiger charge is 2.65. The molecular formula is C25H38Cl4N2O3S. The standard InChI is InChI=1S/C18H21NO2.C6H15N.CH2Cl2.Cl2OS/c1-10-3-4-11-9-13-12-5-6-14(20)17-18(12,7-8-19(13)2)15(11)16(10)21-17;1-4-7(5-2)6-3;2-1-3;1-4(2)3/h3-4,12-13,17H,5-9H2,1-2H3;4-6H2,1-3H3;1H2;/t12-,13+,17-,18-;;;/m0.../s1. The lowest BCUT2D eigenvalue weighted by Crippen LogP contribution is -2.65. The second kappa shape index (κ2) is 14.2. The Morgan fingerprint density at radius 3 is 2.26 bits per heavy atom. The molecule has 4 atom stereocenters. The maximum absolute atomic E-state index is 12.6. The number of benzene rings is 1. The molecule has 1 saturated carbocycles. The Morgan fingerprint density at radius 1 is 1.17 bits per heavy atom. The maximum atomic E-state index is 12.6. The molecule has 1 aromatic rings. The van der Waals surface area contributed by atoms with Gasteiger partial charge in [0.05, 0.1) is 5.34 Å². The summed E-state index contributed by atoms with van der Waals surface area (Å²) >= 11 is 9.53. The fourth-order valence-electron chi connectivity index (χ4n) is 6.34. The quantitative estimate of drug-likeness (QED) is 0.318. The van der Waals surface area contributed by atoms with E-state index in [1.807, 2.05) is 0 Å². The minimum atomic E-state index is -1.67. The van der Waals surface area contributed by atoms with Crippen molar-refractivity contribution in [3.63, 3.8) is 0 Å². The van der Waals surface area contributed by atoms with Crippen molar-refractivity contribution in [2.45, 2.75) is 70.9 Å². The highest BCUT2D eigenvalue weighted by molar-refractivity contribution is 8.26. The number of halogens is 4. The van der Waals surface area contributed by atoms with Gasteiger partial charge in [0.2, 0.25) is 9.23 Å². The van der Waals surface area contributed by atoms with Gasteiger partial charge in [-0.2, -0.15) is 0 Å². The highest BCUT2D eigenvalue weighted by atomic mass is 36.0. The molecule has 1 saturated heterocycles. The van der Waals surface area contributed by atoms with Crippen molar-refractivity contribution in [2.75, 3.05) is 38.6 Å². The van der Waals surface area contributed by atoms with Crippen LogP contribution in [0.1, 0.15) is 56.7 Å². The predicted octanol–water partition coefficient (Wildman–Crippen LogP) is 6.05. The Kier molecular flexibility index (Phi) is 12.6. The van der Waals surface area contributed by atoms with Gasteiger partial charge in [-0.3, -0.25) is 4.79 Å². The first kappa shape index (κ1) is 31.1. The zero-order valence-corrected chi connectivity index (χ0v) is 25.1. The Hall–Kier alpha value is -0.0800. The van der Waals surface area contributed by atoms with Crippen LogP contribution in [0.4, 0.5) is 0 Å². The van der Waals surface area contributed by atoms with Crippen molar-refractivity contribution in [3.05, 3.63) is 28.8 Å². The summed E-state index contributed by atoms with van der Waals surface area (Å²) in [7, 11) is 9.61. The van der Waals surface area contributed by atoms with Crippen LogP contribution in [0.2, 0.25) is 0 Å². The molecule has 0 unspecified atom stereocenters. The normalized spacial score (nSPS) is 27.5. The fourth-order valence-corrected chi connectivity index (χ4v) is 6.34. The Morgan fingerprint density at radius 2 is 1.74 bits per heavy atom. The number of carbonyl (C=O) groups excluding carboxylic acids is 1. The number of hydrogen-bond acceptors (Lipinski definition) is 5. The van der Waals surface area contributed by atoms with Gasteiger partial charge in [-0.25, -0.2) is 4.21 Å². The summed E-state index contributed by atoms with van der Waals surface area (Å²) in [5.74, 6) is 1.97. The van der Waals surface area contributed by atoms with Gasteiger partial charge in [0.15, 0.2) is 11.9 Å². The van der Waals surface area contributed by atoms with E-state index in [-0.39, 0.29) is 16.9 Å². The average Bonchev–Trinajstić information content (AvgIpc) is 3.17. The van der Waals surface area contributed by atoms with Crippen LogP contribution in [0.5, 0.6) is 5.75 Å². The molecule has 2 fully saturated rings. The molecular weight excluding hydrogens is 550 g/mol. The summed E-state index contributed by atoms with van der Waals surface area (Å²) in [6.07, 6.45) is 3.73. The molecule has 4 aliphatic rings. The molecule has 0 radical (unpaired) electrons. The van der Waals surface area contributed by atoms with Gasteiger partial charge < -0.3 is 14.5 Å². The first-order valence-electron chi connectivity index (χ1n) is 12.2. The van der Waals surface area contributed by atoms with Crippen LogP contribution in [-0.4, -0.2) is 70.5 Å². The van der Waals surface area contributed by atoms with E-state index < -0.39 is 9.23 Å². The minimum absolute atomic E-state index is 0.0125. The lowest BCUT2D eigenvalue weighted by Gasteiger charge is -2.57. The van der Waals surface area contributed by atoms with Crippen LogP contribution >= 0.6 is 44.6 Å². The summed E-state index contributed by atoms with van der Waals surface area (Å²) in [6, 6.07) is 5.03. The third-order valence-corrected chi connectivity index (χ3v) is 7.95. The molecule has 2 heterocycles. The van der Waals surface area contributed by atoms with Crippen molar-refractivity contribution in [1.29, 1.82) is 0 Å². The van der Waals surface area contributed by atoms with E-state index in [1.165, 1.54) is 36.3 Å². The number of ketones is 1. The van der Waals surface area contributed by atoms with Crippen molar-refractivity contribution in [3.8, 4) is 5.75 Å². The fraction of sp³-hybridized carbons (Fsp3) is 0.720. The summed E-state index contributed by atoms with van der Waals surface area (Å²) in [6.45, 7) is 13.3. The van der Waals surface area contributed by atoms with Gasteiger partial charge in [0.1, 0.15) is 5.75 Å². The van der Waals surface area contributed by atoms with E-state index in [2.05, 4.69) is 78.0 Å². The third kappa shape index (κ3) is 6.68. The molecule has 10 heteroatoms. The smallest absolute Gasteiger partial charge is 0.211 e. The number of rotatable bonds is 3. The number of aryl methyl sites for hydroxylation is 1. The first-order chi connectivity index (χ1) is 16.6. The Balaban J connectivity index is 0.000000259. The minimum Gasteiger partial charge on any atom is -0.481 e. The molecule has 0 amide bonds. The molecule has 2 aliphatic heterocycles. The van der Waals surface area contributed by atoms with Crippen molar-refractivity contribution in [1.82, 2.24) is 9.80 Å². The van der Waals surface area contributed by atoms with Gasteiger partial charge in [-0.1, -0.05) is 32.9 Å². The molecule has 5 rings (SSSR count). The molecule has 35 heavy (non-hydrogen) atoms. The number of piperidine rings is 1. The zero-order chi connectivity index (χ0) is 26.3. The first-order valence-corrected chi connectivity index (χ1v) is 16.1. The van der Waals surface area contributed by atoms with Gasteiger partial charge in [-0.05, 0) is 76.5 Å². The molecule has 5 nitrogen and oxygen atoms in total. The lowest BCUT2D eigenvalue weighted by molar-refractivity contribution is -0.138. The zero-order valence-electron chi connectivity index (χ0n) is 21.3. The van der Waals surface area contributed by atoms with Crippen LogP contribution in [0.15, 0.2) is 12.1 Å². The maximum Gasteiger partial charge on any atom is 0.211 e. The van der Waals surface area contributed by atoms with Crippen LogP contribution < -0.4 is 4.74 Å². The van der Waals surface area contributed by atoms with Gasteiger partial charge in [0, 0.05) is 44.8 Å². The second-order valence-electron chi connectivity index (χ2n) is 9.30. The molecule has 0 aromatic heterocycles. The van der Waals surface area contributed by atoms with Crippen LogP contribution in [-0.2, 0) is 25.9 Å². The Labute approximate surface area is 232 Å². The molecule has 1 spiro atoms. The van der Waals surface area contributed by atoms with E-state index in [0.717, 1.165) is 31.6 Å². The number of nitrogens with zero attached hydrogens (tertiary/aromatic N) is 2. The summed E-state index contributed by atoms with van der Waals surface area (Å²) in [5, 5.41) is 0.194. The Bertz CT molecular complexity index is 877. The topological polar surface area (TPSA) is 49.9 Å². The van der Waals surface area contributed by atoms with E-state index in [9.17, 15) is 4.79 Å². The SMILES string of the molecule is CCN(CC)CC.Cc1ccc2c3c1O[C@H]1C(=O)CC[C@H]4[C@@H](C2)N(C)CC[C@]314.ClCCl.O=S(Cl)Cl. The number of alkyl halides is 2. The number of Topliss-reactive ketones (excluding diaryl/α,β-unsaturated/α-hetero) is 1. The van der Waals surface area contributed by atoms with Gasteiger partial charge in [-0.15, -0.1) is 23.2 Å². The number of hydrogen-bond donors (Lipinski definition) is 0. The van der Waals surface area contributed by atoms with Crippen molar-refractivity contribution in [2.24, 2.45) is 5.92 Å². The monoisotopic (exact) mass is 586 g/mol. The molecule has 200 valence electrons. The van der Waals surface area contributed by atoms with E-state index >= 15 is 0 Å². The molecule has 1 aromatic carbocycles. The second-order valence-corrected chi connectivity index (χ2v) is 12.6. The average molecular weight is 588 g/mol. The molecule has 2 bridgehead atoms. The van der Waals surface area contributed by atoms with Crippen LogP contribution in [0, 0.1) is 12.8 Å². The summed E-state index contributed by atoms with van der Waals surface area (Å²) < 4.78 is 15.4. The van der Waals surface area contributed by atoms with E-state index in [0.29, 0.717) is 24.2 Å². The number of likely N-dealkylation sites (tertiary alicyclic amines) is 1. The van der Waals surface area contributed by atoms with Gasteiger partial charge in [0.25, 0.3) is 0 Å². The number of carbonyl (C=O) groups is 1. The number of ether oxygens (including phenoxy) is 1. The largest absolute Gasteiger partial charge is 0.481 e.